The van der Waals surface area contributed by atoms with E-state index in [1.54, 1.807) is 42.5 Å². The van der Waals surface area contributed by atoms with Crippen molar-refractivity contribution in [3.63, 3.8) is 0 Å². The summed E-state index contributed by atoms with van der Waals surface area (Å²) in [4.78, 5) is 25.4. The SMILES string of the molecule is CCOc1ccc(N(CC(=O)NCc2ccccc2F)C(C)=O)cc1. The molecule has 0 fully saturated rings. The summed E-state index contributed by atoms with van der Waals surface area (Å²) in [6, 6.07) is 13.1. The van der Waals surface area contributed by atoms with E-state index < -0.39 is 0 Å². The molecule has 0 bridgehead atoms. The van der Waals surface area contributed by atoms with Crippen LogP contribution in [0.5, 0.6) is 5.75 Å². The van der Waals surface area contributed by atoms with Gasteiger partial charge in [-0.2, -0.15) is 0 Å². The Balaban J connectivity index is 1.99. The second-order valence-corrected chi connectivity index (χ2v) is 5.40. The number of nitrogens with zero attached hydrogens (tertiary/aromatic N) is 1. The molecule has 132 valence electrons. The highest BCUT2D eigenvalue weighted by molar-refractivity contribution is 5.97. The van der Waals surface area contributed by atoms with Crippen LogP contribution in [0.2, 0.25) is 0 Å². The highest BCUT2D eigenvalue weighted by atomic mass is 19.1. The van der Waals surface area contributed by atoms with Crippen molar-refractivity contribution in [3.05, 3.63) is 59.9 Å². The van der Waals surface area contributed by atoms with Gasteiger partial charge in [-0.3, -0.25) is 9.59 Å². The molecule has 0 aliphatic rings. The summed E-state index contributed by atoms with van der Waals surface area (Å²) in [5.74, 6) is -0.311. The molecule has 2 aromatic carbocycles. The van der Waals surface area contributed by atoms with E-state index in [1.165, 1.54) is 17.9 Å². The predicted molar refractivity (Wildman–Crippen MR) is 93.9 cm³/mol. The third-order valence-electron chi connectivity index (χ3n) is 3.58. The van der Waals surface area contributed by atoms with Gasteiger partial charge in [0.15, 0.2) is 0 Å². The molecule has 25 heavy (non-hydrogen) atoms. The maximum absolute atomic E-state index is 13.6. The molecule has 0 saturated carbocycles. The average Bonchev–Trinajstić information content (AvgIpc) is 2.60. The fourth-order valence-corrected chi connectivity index (χ4v) is 2.31. The Morgan fingerprint density at radius 2 is 1.80 bits per heavy atom. The highest BCUT2D eigenvalue weighted by Crippen LogP contribution is 2.19. The predicted octanol–water partition coefficient (Wildman–Crippen LogP) is 2.89. The Labute approximate surface area is 146 Å². The molecule has 2 amide bonds. The van der Waals surface area contributed by atoms with Crippen molar-refractivity contribution in [3.8, 4) is 5.75 Å². The minimum absolute atomic E-state index is 0.0700. The maximum Gasteiger partial charge on any atom is 0.240 e. The largest absolute Gasteiger partial charge is 0.494 e. The number of anilines is 1. The van der Waals surface area contributed by atoms with Gasteiger partial charge in [0.1, 0.15) is 18.1 Å². The molecule has 2 aromatic rings. The number of carbonyl (C=O) groups excluding carboxylic acids is 2. The lowest BCUT2D eigenvalue weighted by atomic mass is 10.2. The molecule has 0 aromatic heterocycles. The van der Waals surface area contributed by atoms with Crippen LogP contribution in [0.4, 0.5) is 10.1 Å². The van der Waals surface area contributed by atoms with Gasteiger partial charge in [0.25, 0.3) is 0 Å². The molecule has 1 N–H and O–H groups in total. The number of halogens is 1. The van der Waals surface area contributed by atoms with Crippen molar-refractivity contribution in [1.29, 1.82) is 0 Å². The molecule has 5 nitrogen and oxygen atoms in total. The fourth-order valence-electron chi connectivity index (χ4n) is 2.31. The topological polar surface area (TPSA) is 58.6 Å². The molecule has 0 unspecified atom stereocenters. The monoisotopic (exact) mass is 344 g/mol. The molecule has 0 radical (unpaired) electrons. The summed E-state index contributed by atoms with van der Waals surface area (Å²) in [6.07, 6.45) is 0. The van der Waals surface area contributed by atoms with Gasteiger partial charge in [-0.15, -0.1) is 0 Å². The number of rotatable bonds is 7. The summed E-state index contributed by atoms with van der Waals surface area (Å²) < 4.78 is 18.9. The highest BCUT2D eigenvalue weighted by Gasteiger charge is 2.16. The smallest absolute Gasteiger partial charge is 0.240 e. The van der Waals surface area contributed by atoms with Crippen molar-refractivity contribution in [2.45, 2.75) is 20.4 Å². The summed E-state index contributed by atoms with van der Waals surface area (Å²) in [5, 5.41) is 2.63. The molecule has 0 atom stereocenters. The Hall–Kier alpha value is -2.89. The number of hydrogen-bond donors (Lipinski definition) is 1. The Morgan fingerprint density at radius 3 is 2.40 bits per heavy atom. The van der Waals surface area contributed by atoms with Gasteiger partial charge in [-0.1, -0.05) is 18.2 Å². The van der Waals surface area contributed by atoms with Crippen LogP contribution in [0.3, 0.4) is 0 Å². The molecule has 6 heteroatoms. The Bertz CT molecular complexity index is 732. The number of carbonyl (C=O) groups is 2. The lowest BCUT2D eigenvalue weighted by Gasteiger charge is -2.21. The summed E-state index contributed by atoms with van der Waals surface area (Å²) in [5.41, 5.74) is 0.989. The average molecular weight is 344 g/mol. The normalized spacial score (nSPS) is 10.2. The van der Waals surface area contributed by atoms with E-state index in [4.69, 9.17) is 4.74 Å². The Kier molecular flexibility index (Phi) is 6.51. The number of amides is 2. The molecule has 0 spiro atoms. The van der Waals surface area contributed by atoms with Crippen molar-refractivity contribution < 1.29 is 18.7 Å². The quantitative estimate of drug-likeness (QED) is 0.840. The van der Waals surface area contributed by atoms with E-state index in [2.05, 4.69) is 5.32 Å². The molecular weight excluding hydrogens is 323 g/mol. The second-order valence-electron chi connectivity index (χ2n) is 5.40. The minimum Gasteiger partial charge on any atom is -0.494 e. The van der Waals surface area contributed by atoms with Gasteiger partial charge in [-0.05, 0) is 37.3 Å². The van der Waals surface area contributed by atoms with Crippen LogP contribution in [0.1, 0.15) is 19.4 Å². The lowest BCUT2D eigenvalue weighted by molar-refractivity contribution is -0.123. The fraction of sp³-hybridized carbons (Fsp3) is 0.263. The molecule has 0 aliphatic carbocycles. The number of nitrogens with one attached hydrogen (secondary N) is 1. The third kappa shape index (κ3) is 5.31. The van der Waals surface area contributed by atoms with E-state index in [0.717, 1.165) is 0 Å². The van der Waals surface area contributed by atoms with Crippen molar-refractivity contribution in [2.24, 2.45) is 0 Å². The lowest BCUT2D eigenvalue weighted by Crippen LogP contribution is -2.39. The molecular formula is C19H21FN2O3. The van der Waals surface area contributed by atoms with E-state index in [-0.39, 0.29) is 30.7 Å². The van der Waals surface area contributed by atoms with E-state index in [9.17, 15) is 14.0 Å². The van der Waals surface area contributed by atoms with Crippen LogP contribution >= 0.6 is 0 Å². The van der Waals surface area contributed by atoms with Gasteiger partial charge < -0.3 is 15.0 Å². The van der Waals surface area contributed by atoms with Gasteiger partial charge in [-0.25, -0.2) is 4.39 Å². The number of benzene rings is 2. The van der Waals surface area contributed by atoms with Crippen LogP contribution in [-0.2, 0) is 16.1 Å². The first-order chi connectivity index (χ1) is 12.0. The zero-order valence-corrected chi connectivity index (χ0v) is 14.3. The van der Waals surface area contributed by atoms with E-state index in [0.29, 0.717) is 23.6 Å². The summed E-state index contributed by atoms with van der Waals surface area (Å²) in [7, 11) is 0. The van der Waals surface area contributed by atoms with Crippen molar-refractivity contribution >= 4 is 17.5 Å². The molecule has 2 rings (SSSR count). The first kappa shape index (κ1) is 18.4. The van der Waals surface area contributed by atoms with Gasteiger partial charge in [0, 0.05) is 24.7 Å². The minimum atomic E-state index is -0.377. The standard InChI is InChI=1S/C19H21FN2O3/c1-3-25-17-10-8-16(9-11-17)22(14(2)23)13-19(24)21-12-15-6-4-5-7-18(15)20/h4-11H,3,12-13H2,1-2H3,(H,21,24). The van der Waals surface area contributed by atoms with Gasteiger partial charge in [0.2, 0.25) is 11.8 Å². The van der Waals surface area contributed by atoms with E-state index >= 15 is 0 Å². The number of hydrogen-bond acceptors (Lipinski definition) is 3. The zero-order chi connectivity index (χ0) is 18.2. The van der Waals surface area contributed by atoms with Crippen LogP contribution in [0.15, 0.2) is 48.5 Å². The van der Waals surface area contributed by atoms with Crippen LogP contribution in [0.25, 0.3) is 0 Å². The summed E-state index contributed by atoms with van der Waals surface area (Å²) in [6.45, 7) is 3.75. The molecule has 0 aliphatic heterocycles. The van der Waals surface area contributed by atoms with Crippen LogP contribution in [-0.4, -0.2) is 25.0 Å². The van der Waals surface area contributed by atoms with E-state index in [1.807, 2.05) is 6.92 Å². The van der Waals surface area contributed by atoms with Gasteiger partial charge in [0.05, 0.1) is 6.61 Å². The summed E-state index contributed by atoms with van der Waals surface area (Å²) >= 11 is 0. The molecule has 0 heterocycles. The number of ether oxygens (including phenoxy) is 1. The first-order valence-corrected chi connectivity index (χ1v) is 8.02. The second kappa shape index (κ2) is 8.82. The van der Waals surface area contributed by atoms with Gasteiger partial charge >= 0.3 is 0 Å². The zero-order valence-electron chi connectivity index (χ0n) is 14.3. The van der Waals surface area contributed by atoms with Crippen LogP contribution in [0, 0.1) is 5.82 Å². The Morgan fingerprint density at radius 1 is 1.12 bits per heavy atom. The maximum atomic E-state index is 13.6. The van der Waals surface area contributed by atoms with Crippen molar-refractivity contribution in [1.82, 2.24) is 5.32 Å². The molecule has 0 saturated heterocycles. The first-order valence-electron chi connectivity index (χ1n) is 8.02. The third-order valence-corrected chi connectivity index (χ3v) is 3.58. The van der Waals surface area contributed by atoms with Crippen molar-refractivity contribution in [2.75, 3.05) is 18.1 Å². The van der Waals surface area contributed by atoms with Crippen LogP contribution < -0.4 is 15.0 Å².